The van der Waals surface area contributed by atoms with Gasteiger partial charge in [0.2, 0.25) is 0 Å². The van der Waals surface area contributed by atoms with Crippen molar-refractivity contribution in [3.63, 3.8) is 0 Å². The van der Waals surface area contributed by atoms with Gasteiger partial charge in [-0.15, -0.1) is 5.10 Å². The second-order valence-corrected chi connectivity index (χ2v) is 4.65. The molecule has 0 amide bonds. The van der Waals surface area contributed by atoms with Crippen molar-refractivity contribution < 1.29 is 4.74 Å². The molecule has 4 nitrogen and oxygen atoms in total. The lowest BCUT2D eigenvalue weighted by atomic mass is 10.2. The number of benzene rings is 1. The van der Waals surface area contributed by atoms with Crippen molar-refractivity contribution in [2.75, 3.05) is 7.11 Å². The SMILES string of the molecule is COc1ccc(-n2nnc3c2CCCCC3)cc1. The minimum absolute atomic E-state index is 0.866. The number of nitrogens with zero attached hydrogens (tertiary/aromatic N) is 3. The van der Waals surface area contributed by atoms with Gasteiger partial charge in [-0.2, -0.15) is 0 Å². The molecule has 0 radical (unpaired) electrons. The van der Waals surface area contributed by atoms with Gasteiger partial charge in [0.15, 0.2) is 0 Å². The maximum atomic E-state index is 5.17. The number of aromatic nitrogens is 3. The van der Waals surface area contributed by atoms with Gasteiger partial charge in [-0.05, 0) is 49.9 Å². The van der Waals surface area contributed by atoms with Crippen molar-refractivity contribution in [1.82, 2.24) is 15.0 Å². The molecule has 0 atom stereocenters. The number of ether oxygens (including phenoxy) is 1. The zero-order chi connectivity index (χ0) is 12.4. The monoisotopic (exact) mass is 243 g/mol. The highest BCUT2D eigenvalue weighted by molar-refractivity contribution is 5.38. The van der Waals surface area contributed by atoms with Crippen molar-refractivity contribution in [2.24, 2.45) is 0 Å². The third-order valence-corrected chi connectivity index (χ3v) is 3.49. The minimum Gasteiger partial charge on any atom is -0.497 e. The number of hydrogen-bond donors (Lipinski definition) is 0. The topological polar surface area (TPSA) is 39.9 Å². The maximum absolute atomic E-state index is 5.17. The summed E-state index contributed by atoms with van der Waals surface area (Å²) in [6, 6.07) is 7.97. The van der Waals surface area contributed by atoms with Gasteiger partial charge in [-0.1, -0.05) is 11.6 Å². The lowest BCUT2D eigenvalue weighted by molar-refractivity contribution is 0.414. The lowest BCUT2D eigenvalue weighted by Crippen LogP contribution is -2.03. The van der Waals surface area contributed by atoms with Gasteiger partial charge in [0.25, 0.3) is 0 Å². The van der Waals surface area contributed by atoms with Crippen molar-refractivity contribution in [3.05, 3.63) is 35.7 Å². The van der Waals surface area contributed by atoms with Crippen LogP contribution in [0.4, 0.5) is 0 Å². The van der Waals surface area contributed by atoms with E-state index in [9.17, 15) is 0 Å². The largest absolute Gasteiger partial charge is 0.497 e. The second kappa shape index (κ2) is 4.80. The van der Waals surface area contributed by atoms with Crippen molar-refractivity contribution in [1.29, 1.82) is 0 Å². The number of hydrogen-bond acceptors (Lipinski definition) is 3. The molecule has 3 rings (SSSR count). The van der Waals surface area contributed by atoms with Gasteiger partial charge in [0.1, 0.15) is 5.75 Å². The van der Waals surface area contributed by atoms with Gasteiger partial charge in [-0.25, -0.2) is 4.68 Å². The fraction of sp³-hybridized carbons (Fsp3) is 0.429. The van der Waals surface area contributed by atoms with E-state index in [4.69, 9.17) is 4.74 Å². The summed E-state index contributed by atoms with van der Waals surface area (Å²) < 4.78 is 7.15. The highest BCUT2D eigenvalue weighted by atomic mass is 16.5. The van der Waals surface area contributed by atoms with Crippen LogP contribution in [0, 0.1) is 0 Å². The summed E-state index contributed by atoms with van der Waals surface area (Å²) in [6.07, 6.45) is 5.89. The average molecular weight is 243 g/mol. The Morgan fingerprint density at radius 1 is 1.06 bits per heavy atom. The van der Waals surface area contributed by atoms with Crippen LogP contribution >= 0.6 is 0 Å². The Kier molecular flexibility index (Phi) is 3.00. The highest BCUT2D eigenvalue weighted by Gasteiger charge is 2.16. The van der Waals surface area contributed by atoms with Crippen LogP contribution in [0.1, 0.15) is 30.7 Å². The molecule has 0 fully saturated rings. The van der Waals surface area contributed by atoms with Gasteiger partial charge in [0.05, 0.1) is 24.2 Å². The maximum Gasteiger partial charge on any atom is 0.119 e. The highest BCUT2D eigenvalue weighted by Crippen LogP contribution is 2.22. The van der Waals surface area contributed by atoms with Gasteiger partial charge in [0, 0.05) is 0 Å². The standard InChI is InChI=1S/C14H17N3O/c1-18-12-9-7-11(8-10-12)17-14-6-4-2-3-5-13(14)15-16-17/h7-10H,2-6H2,1H3. The summed E-state index contributed by atoms with van der Waals surface area (Å²) in [5, 5.41) is 8.61. The van der Waals surface area contributed by atoms with Crippen LogP contribution in [-0.4, -0.2) is 22.1 Å². The molecule has 1 aromatic carbocycles. The first-order valence-corrected chi connectivity index (χ1v) is 6.46. The minimum atomic E-state index is 0.866. The zero-order valence-corrected chi connectivity index (χ0v) is 10.6. The first-order valence-electron chi connectivity index (χ1n) is 6.46. The molecule has 1 aliphatic carbocycles. The van der Waals surface area contributed by atoms with E-state index in [1.807, 2.05) is 28.9 Å². The van der Waals surface area contributed by atoms with E-state index in [2.05, 4.69) is 10.3 Å². The number of aryl methyl sites for hydroxylation is 1. The molecule has 0 saturated heterocycles. The van der Waals surface area contributed by atoms with E-state index in [0.29, 0.717) is 0 Å². The zero-order valence-electron chi connectivity index (χ0n) is 10.6. The molecule has 1 heterocycles. The molecular weight excluding hydrogens is 226 g/mol. The van der Waals surface area contributed by atoms with Crippen LogP contribution in [0.5, 0.6) is 5.75 Å². The number of methoxy groups -OCH3 is 1. The predicted octanol–water partition coefficient (Wildman–Crippen LogP) is 2.54. The summed E-state index contributed by atoms with van der Waals surface area (Å²) in [6.45, 7) is 0. The summed E-state index contributed by atoms with van der Waals surface area (Å²) in [7, 11) is 1.68. The molecular formula is C14H17N3O. The third kappa shape index (κ3) is 1.98. The van der Waals surface area contributed by atoms with Gasteiger partial charge >= 0.3 is 0 Å². The van der Waals surface area contributed by atoms with Crippen LogP contribution < -0.4 is 4.74 Å². The Morgan fingerprint density at radius 2 is 1.83 bits per heavy atom. The molecule has 94 valence electrons. The third-order valence-electron chi connectivity index (χ3n) is 3.49. The fourth-order valence-electron chi connectivity index (χ4n) is 2.47. The van der Waals surface area contributed by atoms with Gasteiger partial charge in [-0.3, -0.25) is 0 Å². The molecule has 0 saturated carbocycles. The van der Waals surface area contributed by atoms with Crippen molar-refractivity contribution in [2.45, 2.75) is 32.1 Å². The Hall–Kier alpha value is -1.84. The van der Waals surface area contributed by atoms with Crippen LogP contribution in [0.2, 0.25) is 0 Å². The van der Waals surface area contributed by atoms with E-state index in [1.165, 1.54) is 30.7 Å². The first kappa shape index (κ1) is 11.3. The Labute approximate surface area is 107 Å². The fourth-order valence-corrected chi connectivity index (χ4v) is 2.47. The van der Waals surface area contributed by atoms with Crippen LogP contribution in [-0.2, 0) is 12.8 Å². The quantitative estimate of drug-likeness (QED) is 0.761. The number of fused-ring (bicyclic) bond motifs is 1. The Morgan fingerprint density at radius 3 is 2.61 bits per heavy atom. The summed E-state index contributed by atoms with van der Waals surface area (Å²) in [5.74, 6) is 0.866. The molecule has 1 aromatic heterocycles. The average Bonchev–Trinajstić information content (AvgIpc) is 2.68. The van der Waals surface area contributed by atoms with Crippen molar-refractivity contribution >= 4 is 0 Å². The van der Waals surface area contributed by atoms with Gasteiger partial charge < -0.3 is 4.74 Å². The molecule has 18 heavy (non-hydrogen) atoms. The van der Waals surface area contributed by atoms with E-state index in [1.54, 1.807) is 7.11 Å². The lowest BCUT2D eigenvalue weighted by Gasteiger charge is -2.06. The van der Waals surface area contributed by atoms with E-state index < -0.39 is 0 Å². The van der Waals surface area contributed by atoms with Crippen LogP contribution in [0.3, 0.4) is 0 Å². The normalized spacial score (nSPS) is 14.9. The van der Waals surface area contributed by atoms with E-state index in [-0.39, 0.29) is 0 Å². The summed E-state index contributed by atoms with van der Waals surface area (Å²) in [5.41, 5.74) is 3.51. The molecule has 0 aliphatic heterocycles. The summed E-state index contributed by atoms with van der Waals surface area (Å²) in [4.78, 5) is 0. The Balaban J connectivity index is 1.98. The molecule has 0 unspecified atom stereocenters. The first-order chi connectivity index (χ1) is 8.88. The van der Waals surface area contributed by atoms with E-state index in [0.717, 1.165) is 24.3 Å². The summed E-state index contributed by atoms with van der Waals surface area (Å²) >= 11 is 0. The molecule has 0 spiro atoms. The predicted molar refractivity (Wildman–Crippen MR) is 69.2 cm³/mol. The number of rotatable bonds is 2. The molecule has 4 heteroatoms. The molecule has 1 aliphatic rings. The smallest absolute Gasteiger partial charge is 0.119 e. The van der Waals surface area contributed by atoms with E-state index >= 15 is 0 Å². The van der Waals surface area contributed by atoms with Crippen LogP contribution in [0.15, 0.2) is 24.3 Å². The molecule has 0 N–H and O–H groups in total. The molecule has 2 aromatic rings. The Bertz CT molecular complexity index is 530. The molecule has 0 bridgehead atoms. The van der Waals surface area contributed by atoms with Crippen molar-refractivity contribution in [3.8, 4) is 11.4 Å². The van der Waals surface area contributed by atoms with Crippen LogP contribution in [0.25, 0.3) is 5.69 Å². The second-order valence-electron chi connectivity index (χ2n) is 4.65.